The highest BCUT2D eigenvalue weighted by Gasteiger charge is 2.24. The number of aliphatic imine (C=N–C) groups is 1. The zero-order valence-corrected chi connectivity index (χ0v) is 20.3. The second-order valence-electron chi connectivity index (χ2n) is 7.93. The molecule has 1 amide bonds. The maximum Gasteiger partial charge on any atom is 0.225 e. The third-order valence-electron chi connectivity index (χ3n) is 5.12. The smallest absolute Gasteiger partial charge is 0.225 e. The summed E-state index contributed by atoms with van der Waals surface area (Å²) >= 11 is 0. The molecule has 1 atom stereocenters. The lowest BCUT2D eigenvalue weighted by Gasteiger charge is -2.34. The molecule has 1 unspecified atom stereocenters. The summed E-state index contributed by atoms with van der Waals surface area (Å²) in [6.07, 6.45) is 1.94. The summed E-state index contributed by atoms with van der Waals surface area (Å²) in [6, 6.07) is 9.02. The van der Waals surface area contributed by atoms with Gasteiger partial charge in [0.2, 0.25) is 5.91 Å². The molecular formula is C22H37IN4O. The van der Waals surface area contributed by atoms with E-state index >= 15 is 0 Å². The number of carbonyl (C=O) groups excluding carboxylic acids is 1. The normalized spacial score (nSPS) is 16.5. The molecule has 1 aromatic carbocycles. The van der Waals surface area contributed by atoms with Gasteiger partial charge in [-0.05, 0) is 32.3 Å². The molecule has 0 spiro atoms. The van der Waals surface area contributed by atoms with E-state index < -0.39 is 0 Å². The van der Waals surface area contributed by atoms with Gasteiger partial charge in [-0.15, -0.1) is 24.0 Å². The molecule has 0 aromatic heterocycles. The van der Waals surface area contributed by atoms with Crippen molar-refractivity contribution in [3.63, 3.8) is 0 Å². The Bertz CT molecular complexity index is 639. The number of benzene rings is 1. The summed E-state index contributed by atoms with van der Waals surface area (Å²) in [7, 11) is 0. The topological polar surface area (TPSA) is 56.7 Å². The minimum absolute atomic E-state index is 0. The van der Waals surface area contributed by atoms with Crippen LogP contribution in [0.4, 0.5) is 0 Å². The number of aryl methyl sites for hydroxylation is 1. The Labute approximate surface area is 187 Å². The fourth-order valence-corrected chi connectivity index (χ4v) is 3.43. The van der Waals surface area contributed by atoms with Gasteiger partial charge in [0, 0.05) is 44.1 Å². The molecule has 1 heterocycles. The minimum atomic E-state index is 0. The van der Waals surface area contributed by atoms with E-state index in [0.717, 1.165) is 45.0 Å². The summed E-state index contributed by atoms with van der Waals surface area (Å²) in [5, 5.41) is 6.92. The number of halogens is 1. The number of carbonyl (C=O) groups is 1. The van der Waals surface area contributed by atoms with Crippen LogP contribution in [-0.2, 0) is 4.79 Å². The van der Waals surface area contributed by atoms with Gasteiger partial charge in [0.05, 0.1) is 0 Å². The first-order chi connectivity index (χ1) is 12.9. The predicted molar refractivity (Wildman–Crippen MR) is 129 cm³/mol. The van der Waals surface area contributed by atoms with Crippen LogP contribution in [-0.4, -0.2) is 49.0 Å². The molecule has 1 aromatic rings. The largest absolute Gasteiger partial charge is 0.357 e. The third kappa shape index (κ3) is 7.60. The Hall–Kier alpha value is -1.31. The SMILES string of the molecule is CCNC(=NCC(C)c1cccc(C)c1)NC1CCN(C(=O)C(C)C)CC1.I. The van der Waals surface area contributed by atoms with Gasteiger partial charge in [0.25, 0.3) is 0 Å². The Kier molecular flexibility index (Phi) is 10.9. The maximum absolute atomic E-state index is 12.1. The van der Waals surface area contributed by atoms with Crippen LogP contribution in [0.1, 0.15) is 57.6 Å². The zero-order valence-electron chi connectivity index (χ0n) is 18.0. The van der Waals surface area contributed by atoms with E-state index in [2.05, 4.69) is 55.7 Å². The summed E-state index contributed by atoms with van der Waals surface area (Å²) in [4.78, 5) is 18.9. The molecule has 1 fully saturated rings. The van der Waals surface area contributed by atoms with Gasteiger partial charge in [0.1, 0.15) is 0 Å². The molecule has 0 radical (unpaired) electrons. The fraction of sp³-hybridized carbons (Fsp3) is 0.636. The van der Waals surface area contributed by atoms with Crippen LogP contribution in [0.3, 0.4) is 0 Å². The van der Waals surface area contributed by atoms with Gasteiger partial charge in [-0.2, -0.15) is 0 Å². The van der Waals surface area contributed by atoms with Crippen LogP contribution in [0.25, 0.3) is 0 Å². The number of nitrogens with zero attached hydrogens (tertiary/aromatic N) is 2. The van der Waals surface area contributed by atoms with Crippen LogP contribution >= 0.6 is 24.0 Å². The third-order valence-corrected chi connectivity index (χ3v) is 5.12. The summed E-state index contributed by atoms with van der Waals surface area (Å²) in [5.74, 6) is 1.61. The van der Waals surface area contributed by atoms with Crippen molar-refractivity contribution in [2.24, 2.45) is 10.9 Å². The average Bonchev–Trinajstić information content (AvgIpc) is 2.66. The fourth-order valence-electron chi connectivity index (χ4n) is 3.43. The maximum atomic E-state index is 12.1. The first-order valence-corrected chi connectivity index (χ1v) is 10.3. The quantitative estimate of drug-likeness (QED) is 0.354. The van der Waals surface area contributed by atoms with Crippen LogP contribution in [0.5, 0.6) is 0 Å². The average molecular weight is 500 g/mol. The number of piperidine rings is 1. The van der Waals surface area contributed by atoms with Crippen molar-refractivity contribution in [1.29, 1.82) is 0 Å². The number of rotatable bonds is 6. The molecule has 2 N–H and O–H groups in total. The highest BCUT2D eigenvalue weighted by atomic mass is 127. The molecule has 1 saturated heterocycles. The van der Waals surface area contributed by atoms with Crippen LogP contribution in [0, 0.1) is 12.8 Å². The van der Waals surface area contributed by atoms with Crippen molar-refractivity contribution in [3.8, 4) is 0 Å². The summed E-state index contributed by atoms with van der Waals surface area (Å²) < 4.78 is 0. The zero-order chi connectivity index (χ0) is 19.8. The Morgan fingerprint density at radius 1 is 1.25 bits per heavy atom. The van der Waals surface area contributed by atoms with E-state index in [1.165, 1.54) is 11.1 Å². The molecular weight excluding hydrogens is 463 g/mol. The Balaban J connectivity index is 0.00000392. The lowest BCUT2D eigenvalue weighted by atomic mass is 10.00. The molecule has 6 heteroatoms. The van der Waals surface area contributed by atoms with Crippen molar-refractivity contribution in [2.75, 3.05) is 26.2 Å². The van der Waals surface area contributed by atoms with Crippen LogP contribution in [0.15, 0.2) is 29.3 Å². The lowest BCUT2D eigenvalue weighted by molar-refractivity contribution is -0.135. The molecule has 0 bridgehead atoms. The molecule has 2 rings (SSSR count). The first kappa shape index (κ1) is 24.7. The van der Waals surface area contributed by atoms with Crippen molar-refractivity contribution in [3.05, 3.63) is 35.4 Å². The van der Waals surface area contributed by atoms with E-state index in [9.17, 15) is 4.79 Å². The van der Waals surface area contributed by atoms with E-state index in [0.29, 0.717) is 12.0 Å². The van der Waals surface area contributed by atoms with E-state index in [-0.39, 0.29) is 35.8 Å². The van der Waals surface area contributed by atoms with E-state index in [4.69, 9.17) is 4.99 Å². The van der Waals surface area contributed by atoms with Gasteiger partial charge < -0.3 is 15.5 Å². The molecule has 158 valence electrons. The summed E-state index contributed by atoms with van der Waals surface area (Å²) in [5.41, 5.74) is 2.62. The highest BCUT2D eigenvalue weighted by Crippen LogP contribution is 2.17. The number of amides is 1. The van der Waals surface area contributed by atoms with E-state index in [1.807, 2.05) is 18.7 Å². The number of guanidine groups is 1. The van der Waals surface area contributed by atoms with E-state index in [1.54, 1.807) is 0 Å². The van der Waals surface area contributed by atoms with Gasteiger partial charge in [-0.3, -0.25) is 9.79 Å². The van der Waals surface area contributed by atoms with Crippen molar-refractivity contribution in [1.82, 2.24) is 15.5 Å². The number of hydrogen-bond donors (Lipinski definition) is 2. The standard InChI is InChI=1S/C22H36N4O.HI/c1-6-23-22(24-15-18(5)19-9-7-8-17(4)14-19)25-20-10-12-26(13-11-20)21(27)16(2)3;/h7-9,14,16,18,20H,6,10-13,15H2,1-5H3,(H2,23,24,25);1H. The van der Waals surface area contributed by atoms with Gasteiger partial charge in [-0.1, -0.05) is 50.6 Å². The molecule has 1 aliphatic rings. The number of nitrogens with one attached hydrogen (secondary N) is 2. The van der Waals surface area contributed by atoms with Crippen LogP contribution < -0.4 is 10.6 Å². The number of hydrogen-bond acceptors (Lipinski definition) is 2. The van der Waals surface area contributed by atoms with Crippen molar-refractivity contribution in [2.45, 2.75) is 59.4 Å². The number of likely N-dealkylation sites (tertiary alicyclic amines) is 1. The van der Waals surface area contributed by atoms with Gasteiger partial charge in [-0.25, -0.2) is 0 Å². The molecule has 28 heavy (non-hydrogen) atoms. The molecule has 0 aliphatic carbocycles. The second-order valence-corrected chi connectivity index (χ2v) is 7.93. The summed E-state index contributed by atoms with van der Waals surface area (Å²) in [6.45, 7) is 13.6. The van der Waals surface area contributed by atoms with Crippen molar-refractivity contribution >= 4 is 35.8 Å². The Morgan fingerprint density at radius 3 is 2.50 bits per heavy atom. The lowest BCUT2D eigenvalue weighted by Crippen LogP contribution is -2.50. The van der Waals surface area contributed by atoms with Gasteiger partial charge >= 0.3 is 0 Å². The second kappa shape index (κ2) is 12.3. The predicted octanol–water partition coefficient (Wildman–Crippen LogP) is 3.92. The Morgan fingerprint density at radius 2 is 1.93 bits per heavy atom. The molecule has 1 aliphatic heterocycles. The molecule has 0 saturated carbocycles. The highest BCUT2D eigenvalue weighted by molar-refractivity contribution is 14.0. The van der Waals surface area contributed by atoms with Crippen LogP contribution in [0.2, 0.25) is 0 Å². The monoisotopic (exact) mass is 500 g/mol. The van der Waals surface area contributed by atoms with Crippen molar-refractivity contribution < 1.29 is 4.79 Å². The van der Waals surface area contributed by atoms with Gasteiger partial charge in [0.15, 0.2) is 5.96 Å². The molecule has 5 nitrogen and oxygen atoms in total. The minimum Gasteiger partial charge on any atom is -0.357 e. The first-order valence-electron chi connectivity index (χ1n) is 10.3.